The lowest BCUT2D eigenvalue weighted by atomic mass is 9.89. The molecule has 0 bridgehead atoms. The van der Waals surface area contributed by atoms with E-state index in [-0.39, 0.29) is 46.4 Å². The highest BCUT2D eigenvalue weighted by molar-refractivity contribution is 5.95. The van der Waals surface area contributed by atoms with Gasteiger partial charge in [0.1, 0.15) is 23.9 Å². The van der Waals surface area contributed by atoms with E-state index in [9.17, 15) is 27.5 Å². The number of methoxy groups -OCH3 is 1. The predicted molar refractivity (Wildman–Crippen MR) is 140 cm³/mol. The summed E-state index contributed by atoms with van der Waals surface area (Å²) in [7, 11) is 1.33. The number of aryl methyl sites for hydroxylation is 1. The van der Waals surface area contributed by atoms with Crippen LogP contribution in [-0.4, -0.2) is 52.6 Å². The van der Waals surface area contributed by atoms with Crippen molar-refractivity contribution in [2.75, 3.05) is 20.3 Å². The smallest absolute Gasteiger partial charge is 0.424 e. The van der Waals surface area contributed by atoms with Crippen LogP contribution in [0.25, 0.3) is 22.7 Å². The van der Waals surface area contributed by atoms with Crippen LogP contribution >= 0.6 is 0 Å². The fourth-order valence-corrected chi connectivity index (χ4v) is 4.48. The molecular weight excluding hydrogens is 562 g/mol. The number of nitrogens with two attached hydrogens (primary N) is 1. The molecule has 0 fully saturated rings. The zero-order valence-electron chi connectivity index (χ0n) is 22.5. The number of pyridine rings is 1. The highest BCUT2D eigenvalue weighted by Gasteiger charge is 2.57. The van der Waals surface area contributed by atoms with Gasteiger partial charge in [-0.05, 0) is 62.4 Å². The molecule has 4 aromatic rings. The van der Waals surface area contributed by atoms with Crippen molar-refractivity contribution in [3.8, 4) is 34.2 Å². The fourth-order valence-electron chi connectivity index (χ4n) is 4.48. The first kappa shape index (κ1) is 29.0. The number of carbonyl (C=O) groups is 1. The van der Waals surface area contributed by atoms with Crippen LogP contribution < -0.4 is 20.5 Å². The molecule has 0 spiro atoms. The SMILES string of the molecule is COc1cc(C(=O)NCC(O)(c2cc3c(c(-c4ccc(F)cc4)n2)OCC3(C)N)C(F)(F)F)ccc1-c1nc(C)no1. The largest absolute Gasteiger partial charge is 0.496 e. The minimum absolute atomic E-state index is 0.0618. The number of hydrogen-bond acceptors (Lipinski definition) is 9. The Morgan fingerprint density at radius 3 is 2.50 bits per heavy atom. The van der Waals surface area contributed by atoms with Gasteiger partial charge < -0.3 is 30.2 Å². The predicted octanol–water partition coefficient (Wildman–Crippen LogP) is 4.00. The number of aromatic nitrogens is 3. The molecule has 0 aliphatic carbocycles. The number of benzene rings is 2. The van der Waals surface area contributed by atoms with Gasteiger partial charge in [-0.25, -0.2) is 9.37 Å². The summed E-state index contributed by atoms with van der Waals surface area (Å²) in [6.45, 7) is 1.81. The van der Waals surface area contributed by atoms with Crippen LogP contribution in [0.1, 0.15) is 34.4 Å². The Balaban J connectivity index is 1.50. The summed E-state index contributed by atoms with van der Waals surface area (Å²) in [6, 6.07) is 9.93. The summed E-state index contributed by atoms with van der Waals surface area (Å²) < 4.78 is 73.3. The summed E-state index contributed by atoms with van der Waals surface area (Å²) in [5, 5.41) is 17.0. The Morgan fingerprint density at radius 1 is 1.17 bits per heavy atom. The van der Waals surface area contributed by atoms with Crippen molar-refractivity contribution >= 4 is 5.91 Å². The lowest BCUT2D eigenvalue weighted by molar-refractivity contribution is -0.265. The maximum Gasteiger partial charge on any atom is 0.424 e. The van der Waals surface area contributed by atoms with Crippen molar-refractivity contribution in [3.63, 3.8) is 0 Å². The van der Waals surface area contributed by atoms with Crippen molar-refractivity contribution < 1.29 is 41.5 Å². The molecule has 0 radical (unpaired) electrons. The average molecular weight is 588 g/mol. The molecule has 3 heterocycles. The van der Waals surface area contributed by atoms with Gasteiger partial charge in [-0.2, -0.15) is 18.2 Å². The molecule has 1 amide bonds. The highest BCUT2D eigenvalue weighted by atomic mass is 19.4. The number of amides is 1. The first-order valence-electron chi connectivity index (χ1n) is 12.5. The van der Waals surface area contributed by atoms with Crippen LogP contribution in [0.5, 0.6) is 11.5 Å². The zero-order valence-corrected chi connectivity index (χ0v) is 22.5. The van der Waals surface area contributed by atoms with Gasteiger partial charge in [0.25, 0.3) is 11.8 Å². The maximum atomic E-state index is 14.5. The van der Waals surface area contributed by atoms with Gasteiger partial charge in [-0.15, -0.1) is 0 Å². The molecule has 10 nitrogen and oxygen atoms in total. The molecule has 0 saturated carbocycles. The Bertz CT molecular complexity index is 1660. The van der Waals surface area contributed by atoms with Gasteiger partial charge in [-0.3, -0.25) is 4.79 Å². The number of nitrogens with one attached hydrogen (secondary N) is 1. The molecule has 1 aliphatic rings. The number of ether oxygens (including phenoxy) is 2. The molecule has 220 valence electrons. The second-order valence-corrected chi connectivity index (χ2v) is 10.0. The summed E-state index contributed by atoms with van der Waals surface area (Å²) >= 11 is 0. The first-order valence-corrected chi connectivity index (χ1v) is 12.5. The van der Waals surface area contributed by atoms with Gasteiger partial charge in [0.2, 0.25) is 5.60 Å². The molecule has 5 rings (SSSR count). The summed E-state index contributed by atoms with van der Waals surface area (Å²) in [5.74, 6) is -0.738. The second kappa shape index (κ2) is 10.4. The lowest BCUT2D eigenvalue weighted by Crippen LogP contribution is -2.51. The highest BCUT2D eigenvalue weighted by Crippen LogP contribution is 2.46. The van der Waals surface area contributed by atoms with E-state index in [4.69, 9.17) is 19.7 Å². The van der Waals surface area contributed by atoms with E-state index in [1.807, 2.05) is 0 Å². The van der Waals surface area contributed by atoms with Gasteiger partial charge in [0.15, 0.2) is 11.6 Å². The number of nitrogens with zero attached hydrogens (tertiary/aromatic N) is 3. The van der Waals surface area contributed by atoms with Gasteiger partial charge in [-0.1, -0.05) is 5.16 Å². The monoisotopic (exact) mass is 587 g/mol. The number of halogens is 4. The minimum atomic E-state index is -5.29. The molecule has 14 heteroatoms. The van der Waals surface area contributed by atoms with Crippen LogP contribution in [0.3, 0.4) is 0 Å². The van der Waals surface area contributed by atoms with Gasteiger partial charge in [0, 0.05) is 16.7 Å². The Labute approximate surface area is 236 Å². The topological polar surface area (TPSA) is 146 Å². The fraction of sp³-hybridized carbons (Fsp3) is 0.286. The summed E-state index contributed by atoms with van der Waals surface area (Å²) in [4.78, 5) is 21.2. The van der Waals surface area contributed by atoms with E-state index in [1.165, 1.54) is 37.4 Å². The molecule has 2 aromatic heterocycles. The summed E-state index contributed by atoms with van der Waals surface area (Å²) in [6.07, 6.45) is -5.29. The van der Waals surface area contributed by atoms with Crippen molar-refractivity contribution in [1.29, 1.82) is 0 Å². The van der Waals surface area contributed by atoms with Crippen molar-refractivity contribution in [1.82, 2.24) is 20.4 Å². The number of fused-ring (bicyclic) bond motifs is 1. The molecule has 1 aliphatic heterocycles. The summed E-state index contributed by atoms with van der Waals surface area (Å²) in [5.41, 5.74) is 1.25. The number of rotatable bonds is 7. The maximum absolute atomic E-state index is 14.5. The number of carbonyl (C=O) groups excluding carboxylic acids is 1. The third-order valence-electron chi connectivity index (χ3n) is 6.84. The first-order chi connectivity index (χ1) is 19.7. The second-order valence-electron chi connectivity index (χ2n) is 10.0. The van der Waals surface area contributed by atoms with E-state index >= 15 is 0 Å². The Kier molecular flexibility index (Phi) is 7.15. The zero-order chi connectivity index (χ0) is 30.4. The molecule has 2 unspecified atom stereocenters. The molecule has 2 atom stereocenters. The number of hydrogen-bond donors (Lipinski definition) is 3. The van der Waals surface area contributed by atoms with Gasteiger partial charge >= 0.3 is 6.18 Å². The third kappa shape index (κ3) is 5.14. The quantitative estimate of drug-likeness (QED) is 0.273. The van der Waals surface area contributed by atoms with E-state index in [0.29, 0.717) is 11.4 Å². The Morgan fingerprint density at radius 2 is 1.88 bits per heavy atom. The average Bonchev–Trinajstić information content (AvgIpc) is 3.52. The number of aliphatic hydroxyl groups is 1. The van der Waals surface area contributed by atoms with Crippen LogP contribution in [0.15, 0.2) is 53.1 Å². The molecule has 0 saturated heterocycles. The van der Waals surface area contributed by atoms with Crippen molar-refractivity contribution in [2.45, 2.75) is 31.2 Å². The normalized spacial score (nSPS) is 17.7. The van der Waals surface area contributed by atoms with Crippen LogP contribution in [0.2, 0.25) is 0 Å². The van der Waals surface area contributed by atoms with E-state index in [2.05, 4.69) is 20.4 Å². The molecule has 4 N–H and O–H groups in total. The van der Waals surface area contributed by atoms with Crippen molar-refractivity contribution in [2.24, 2.45) is 5.73 Å². The third-order valence-corrected chi connectivity index (χ3v) is 6.84. The van der Waals surface area contributed by atoms with Crippen LogP contribution in [0, 0.1) is 12.7 Å². The molecular formula is C28H25F4N5O5. The van der Waals surface area contributed by atoms with E-state index in [0.717, 1.165) is 18.2 Å². The standard InChI is InChI=1S/C28H25F4N5O5/c1-14-35-25(42-37-14)18-9-6-16(10-20(18)40-3)24(38)34-12-27(39,28(30,31)32)21-11-19-23(41-13-26(19,2)33)22(36-21)15-4-7-17(29)8-5-15/h4-11,39H,12-13,33H2,1-3H3,(H,34,38). The van der Waals surface area contributed by atoms with Crippen molar-refractivity contribution in [3.05, 3.63) is 77.0 Å². The Hall–Kier alpha value is -4.56. The van der Waals surface area contributed by atoms with Gasteiger partial charge in [0.05, 0.1) is 30.5 Å². The van der Waals surface area contributed by atoms with E-state index in [1.54, 1.807) is 13.8 Å². The van der Waals surface area contributed by atoms with Crippen LogP contribution in [-0.2, 0) is 11.1 Å². The number of alkyl halides is 3. The molecule has 42 heavy (non-hydrogen) atoms. The molecule has 2 aromatic carbocycles. The lowest BCUT2D eigenvalue weighted by Gasteiger charge is -2.31. The minimum Gasteiger partial charge on any atom is -0.496 e. The van der Waals surface area contributed by atoms with E-state index < -0.39 is 41.3 Å². The van der Waals surface area contributed by atoms with Crippen LogP contribution in [0.4, 0.5) is 17.6 Å².